The molecular weight excluding hydrogens is 152 g/mol. The first kappa shape index (κ1) is 9.25. The highest BCUT2D eigenvalue weighted by molar-refractivity contribution is 6.62. The molecule has 0 heterocycles. The van der Waals surface area contributed by atoms with Crippen molar-refractivity contribution < 1.29 is 4.79 Å². The summed E-state index contributed by atoms with van der Waals surface area (Å²) < 4.78 is 0. The molecule has 0 aromatic rings. The lowest BCUT2D eigenvalue weighted by Crippen LogP contribution is -2.33. The minimum absolute atomic E-state index is 0.435. The van der Waals surface area contributed by atoms with E-state index in [-0.39, 0.29) is 0 Å². The Bertz CT molecular complexity index is 164. The highest BCUT2D eigenvalue weighted by Crippen LogP contribution is 2.01. The van der Waals surface area contributed by atoms with Crippen molar-refractivity contribution in [2.75, 3.05) is 6.54 Å². The zero-order valence-corrected chi connectivity index (χ0v) is 6.72. The normalized spacial score (nSPS) is 11.8. The van der Waals surface area contributed by atoms with Gasteiger partial charge < -0.3 is 4.90 Å². The fraction of sp³-hybridized carbons (Fsp3) is 0.667. The zero-order valence-electron chi connectivity index (χ0n) is 5.97. The molecule has 0 bridgehead atoms. The lowest BCUT2D eigenvalue weighted by atomic mass is 10.3. The van der Waals surface area contributed by atoms with Crippen LogP contribution in [0.15, 0.2) is 0 Å². The van der Waals surface area contributed by atoms with E-state index in [4.69, 9.17) is 16.9 Å². The average molecular weight is 161 g/mol. The van der Waals surface area contributed by atoms with Gasteiger partial charge in [0, 0.05) is 6.54 Å². The van der Waals surface area contributed by atoms with Gasteiger partial charge in [-0.3, -0.25) is 4.79 Å². The summed E-state index contributed by atoms with van der Waals surface area (Å²) in [6, 6.07) is 1.48. The van der Waals surface area contributed by atoms with Crippen LogP contribution in [0.1, 0.15) is 13.8 Å². The molecule has 0 aromatic carbocycles. The molecule has 0 fully saturated rings. The van der Waals surface area contributed by atoms with Gasteiger partial charge in [0.15, 0.2) is 0 Å². The number of carbonyl (C=O) groups excluding carboxylic acids is 1. The summed E-state index contributed by atoms with van der Waals surface area (Å²) in [5, 5.41) is 7.81. The Balaban J connectivity index is 4.09. The molecule has 3 nitrogen and oxygen atoms in total. The van der Waals surface area contributed by atoms with Crippen LogP contribution in [0.25, 0.3) is 0 Å². The van der Waals surface area contributed by atoms with Gasteiger partial charge in [0.25, 0.3) is 0 Å². The maximum Gasteiger partial charge on any atom is 0.317 e. The van der Waals surface area contributed by atoms with Crippen LogP contribution in [0.3, 0.4) is 0 Å². The van der Waals surface area contributed by atoms with Gasteiger partial charge in [0.2, 0.25) is 0 Å². The highest BCUT2D eigenvalue weighted by Gasteiger charge is 2.14. The fourth-order valence-corrected chi connectivity index (χ4v) is 0.886. The smallest absolute Gasteiger partial charge is 0.314 e. The van der Waals surface area contributed by atoms with Crippen molar-refractivity contribution in [2.24, 2.45) is 0 Å². The molecule has 0 N–H and O–H groups in total. The van der Waals surface area contributed by atoms with Crippen molar-refractivity contribution >= 4 is 17.0 Å². The van der Waals surface area contributed by atoms with E-state index >= 15 is 0 Å². The maximum absolute atomic E-state index is 10.5. The van der Waals surface area contributed by atoms with E-state index in [1.165, 1.54) is 4.90 Å². The van der Waals surface area contributed by atoms with Crippen molar-refractivity contribution in [3.63, 3.8) is 0 Å². The van der Waals surface area contributed by atoms with Crippen molar-refractivity contribution in [1.29, 1.82) is 5.26 Å². The van der Waals surface area contributed by atoms with E-state index in [2.05, 4.69) is 0 Å². The predicted molar refractivity (Wildman–Crippen MR) is 38.7 cm³/mol. The average Bonchev–Trinajstić information content (AvgIpc) is 1.88. The maximum atomic E-state index is 10.5. The quantitative estimate of drug-likeness (QED) is 0.455. The minimum atomic E-state index is -0.573. The number of amides is 1. The van der Waals surface area contributed by atoms with Crippen LogP contribution in [0.2, 0.25) is 0 Å². The monoisotopic (exact) mass is 160 g/mol. The SMILES string of the molecule is CCN(C(=O)Cl)C(C)C#N. The summed E-state index contributed by atoms with van der Waals surface area (Å²) >= 11 is 5.15. The molecule has 56 valence electrons. The Morgan fingerprint density at radius 2 is 2.40 bits per heavy atom. The molecule has 0 aromatic heterocycles. The lowest BCUT2D eigenvalue weighted by molar-refractivity contribution is 0.218. The van der Waals surface area contributed by atoms with Gasteiger partial charge in [0.05, 0.1) is 6.07 Å². The third kappa shape index (κ3) is 2.24. The first-order valence-corrected chi connectivity index (χ1v) is 3.37. The Labute approximate surface area is 65.2 Å². The molecule has 1 amide bonds. The van der Waals surface area contributed by atoms with Crippen LogP contribution in [0.4, 0.5) is 4.79 Å². The van der Waals surface area contributed by atoms with E-state index in [1.807, 2.05) is 6.07 Å². The fourth-order valence-electron chi connectivity index (χ4n) is 0.620. The predicted octanol–water partition coefficient (Wildman–Crippen LogP) is 1.58. The summed E-state index contributed by atoms with van der Waals surface area (Å²) in [5.74, 6) is 0. The molecule has 10 heavy (non-hydrogen) atoms. The van der Waals surface area contributed by atoms with Gasteiger partial charge in [0.1, 0.15) is 6.04 Å². The molecule has 1 unspecified atom stereocenters. The van der Waals surface area contributed by atoms with E-state index in [0.29, 0.717) is 6.54 Å². The lowest BCUT2D eigenvalue weighted by Gasteiger charge is -2.18. The van der Waals surface area contributed by atoms with Gasteiger partial charge in [-0.2, -0.15) is 5.26 Å². The third-order valence-electron chi connectivity index (χ3n) is 1.22. The summed E-state index contributed by atoms with van der Waals surface area (Å²) in [5.41, 5.74) is 0. The second-order valence-electron chi connectivity index (χ2n) is 1.84. The van der Waals surface area contributed by atoms with Gasteiger partial charge in [-0.25, -0.2) is 0 Å². The number of halogens is 1. The Morgan fingerprint density at radius 1 is 1.90 bits per heavy atom. The third-order valence-corrected chi connectivity index (χ3v) is 1.44. The van der Waals surface area contributed by atoms with E-state index in [1.54, 1.807) is 13.8 Å². The standard InChI is InChI=1S/C6H9ClN2O/c1-3-9(6(7)10)5(2)4-8/h5H,3H2,1-2H3. The molecule has 0 aliphatic heterocycles. The molecule has 0 rings (SSSR count). The summed E-state index contributed by atoms with van der Waals surface area (Å²) in [7, 11) is 0. The van der Waals surface area contributed by atoms with Gasteiger partial charge in [-0.15, -0.1) is 0 Å². The van der Waals surface area contributed by atoms with E-state index in [0.717, 1.165) is 0 Å². The Hall–Kier alpha value is -0.750. The second-order valence-corrected chi connectivity index (χ2v) is 2.17. The van der Waals surface area contributed by atoms with Gasteiger partial charge >= 0.3 is 5.37 Å². The second kappa shape index (κ2) is 4.13. The highest BCUT2D eigenvalue weighted by atomic mass is 35.5. The molecule has 0 radical (unpaired) electrons. The van der Waals surface area contributed by atoms with Crippen LogP contribution in [0.5, 0.6) is 0 Å². The molecule has 4 heteroatoms. The number of hydrogen-bond donors (Lipinski definition) is 0. The van der Waals surface area contributed by atoms with E-state index in [9.17, 15) is 4.79 Å². The number of rotatable bonds is 2. The number of hydrogen-bond acceptors (Lipinski definition) is 2. The number of carbonyl (C=O) groups is 1. The molecule has 0 aliphatic rings. The zero-order chi connectivity index (χ0) is 8.15. The Kier molecular flexibility index (Phi) is 3.82. The van der Waals surface area contributed by atoms with Gasteiger partial charge in [-0.1, -0.05) is 0 Å². The summed E-state index contributed by atoms with van der Waals surface area (Å²) in [6.45, 7) is 3.87. The molecule has 0 saturated heterocycles. The van der Waals surface area contributed by atoms with Crippen molar-refractivity contribution in [3.8, 4) is 6.07 Å². The molecule has 0 spiro atoms. The largest absolute Gasteiger partial charge is 0.317 e. The Morgan fingerprint density at radius 3 is 2.50 bits per heavy atom. The van der Waals surface area contributed by atoms with E-state index < -0.39 is 11.4 Å². The minimum Gasteiger partial charge on any atom is -0.314 e. The van der Waals surface area contributed by atoms with Crippen LogP contribution in [0, 0.1) is 11.3 Å². The van der Waals surface area contributed by atoms with Crippen LogP contribution >= 0.6 is 11.6 Å². The summed E-state index contributed by atoms with van der Waals surface area (Å²) in [4.78, 5) is 11.8. The molecular formula is C6H9ClN2O. The number of nitrogens with zero attached hydrogens (tertiary/aromatic N) is 2. The first-order valence-electron chi connectivity index (χ1n) is 2.99. The molecule has 1 atom stereocenters. The van der Waals surface area contributed by atoms with Gasteiger partial charge in [-0.05, 0) is 25.4 Å². The molecule has 0 saturated carbocycles. The first-order chi connectivity index (χ1) is 4.63. The number of nitriles is 1. The van der Waals surface area contributed by atoms with Crippen LogP contribution in [-0.4, -0.2) is 22.9 Å². The summed E-state index contributed by atoms with van der Waals surface area (Å²) in [6.07, 6.45) is 0. The van der Waals surface area contributed by atoms with Crippen LogP contribution < -0.4 is 0 Å². The topological polar surface area (TPSA) is 44.1 Å². The van der Waals surface area contributed by atoms with Crippen molar-refractivity contribution in [1.82, 2.24) is 4.90 Å². The molecule has 0 aliphatic carbocycles. The van der Waals surface area contributed by atoms with Crippen molar-refractivity contribution in [3.05, 3.63) is 0 Å². The van der Waals surface area contributed by atoms with Crippen LogP contribution in [-0.2, 0) is 0 Å². The van der Waals surface area contributed by atoms with Crippen molar-refractivity contribution in [2.45, 2.75) is 19.9 Å².